The summed E-state index contributed by atoms with van der Waals surface area (Å²) in [5, 5.41) is 12.8. The average Bonchev–Trinajstić information content (AvgIpc) is 2.42. The molecular formula is C13H20BrNO3S. The smallest absolute Gasteiger partial charge is 0.119 e. The van der Waals surface area contributed by atoms with Gasteiger partial charge in [-0.05, 0) is 24.3 Å². The van der Waals surface area contributed by atoms with E-state index in [0.29, 0.717) is 24.6 Å². The highest BCUT2D eigenvalue weighted by molar-refractivity contribution is 9.10. The van der Waals surface area contributed by atoms with Gasteiger partial charge < -0.3 is 15.2 Å². The minimum absolute atomic E-state index is 0.242. The van der Waals surface area contributed by atoms with Crippen LogP contribution in [0.15, 0.2) is 28.7 Å². The Balaban J connectivity index is 2.12. The highest BCUT2D eigenvalue weighted by Crippen LogP contribution is 2.16. The molecule has 108 valence electrons. The predicted molar refractivity (Wildman–Crippen MR) is 82.1 cm³/mol. The van der Waals surface area contributed by atoms with Gasteiger partial charge in [-0.3, -0.25) is 4.21 Å². The molecule has 1 rings (SSSR count). The third-order valence-electron chi connectivity index (χ3n) is 2.46. The first-order valence-corrected chi connectivity index (χ1v) is 8.52. The lowest BCUT2D eigenvalue weighted by atomic mass is 10.3. The number of hydrogen-bond acceptors (Lipinski definition) is 4. The zero-order valence-electron chi connectivity index (χ0n) is 11.0. The Hall–Kier alpha value is -0.430. The maximum atomic E-state index is 11.2. The van der Waals surface area contributed by atoms with Gasteiger partial charge in [-0.15, -0.1) is 0 Å². The molecule has 0 spiro atoms. The molecule has 19 heavy (non-hydrogen) atoms. The van der Waals surface area contributed by atoms with E-state index in [0.717, 1.165) is 10.2 Å². The Labute approximate surface area is 125 Å². The van der Waals surface area contributed by atoms with Gasteiger partial charge in [0.2, 0.25) is 0 Å². The van der Waals surface area contributed by atoms with Crippen LogP contribution < -0.4 is 10.1 Å². The zero-order valence-corrected chi connectivity index (χ0v) is 13.4. The molecule has 0 saturated heterocycles. The molecule has 2 unspecified atom stereocenters. The van der Waals surface area contributed by atoms with Crippen LogP contribution in [0.1, 0.15) is 6.92 Å². The van der Waals surface area contributed by atoms with Gasteiger partial charge in [-0.1, -0.05) is 22.9 Å². The minimum atomic E-state index is -0.757. The molecule has 1 aromatic rings. The normalized spacial score (nSPS) is 14.1. The van der Waals surface area contributed by atoms with Crippen molar-refractivity contribution in [1.29, 1.82) is 0 Å². The highest BCUT2D eigenvalue weighted by Gasteiger charge is 2.05. The Morgan fingerprint density at radius 2 is 2.11 bits per heavy atom. The topological polar surface area (TPSA) is 58.6 Å². The number of aliphatic hydroxyl groups is 1. The quantitative estimate of drug-likeness (QED) is 0.664. The maximum absolute atomic E-state index is 11.2. The molecule has 6 heteroatoms. The number of aliphatic hydroxyl groups excluding tert-OH is 1. The van der Waals surface area contributed by atoms with Crippen LogP contribution in [0.4, 0.5) is 0 Å². The molecule has 0 heterocycles. The Bertz CT molecular complexity index is 386. The van der Waals surface area contributed by atoms with Crippen molar-refractivity contribution in [1.82, 2.24) is 5.32 Å². The molecule has 0 amide bonds. The summed E-state index contributed by atoms with van der Waals surface area (Å²) < 4.78 is 17.6. The van der Waals surface area contributed by atoms with Crippen molar-refractivity contribution >= 4 is 26.7 Å². The number of rotatable bonds is 9. The van der Waals surface area contributed by atoms with E-state index in [2.05, 4.69) is 21.2 Å². The molecule has 0 fully saturated rings. The molecule has 2 atom stereocenters. The van der Waals surface area contributed by atoms with Crippen molar-refractivity contribution in [2.45, 2.75) is 13.0 Å². The minimum Gasteiger partial charge on any atom is -0.491 e. The Morgan fingerprint density at radius 3 is 2.74 bits per heavy atom. The van der Waals surface area contributed by atoms with Crippen molar-refractivity contribution in [2.24, 2.45) is 0 Å². The Kier molecular flexibility index (Phi) is 8.29. The van der Waals surface area contributed by atoms with Crippen molar-refractivity contribution in [3.63, 3.8) is 0 Å². The summed E-state index contributed by atoms with van der Waals surface area (Å²) in [6, 6.07) is 7.46. The fraction of sp³-hybridized carbons (Fsp3) is 0.538. The number of benzene rings is 1. The third kappa shape index (κ3) is 7.67. The van der Waals surface area contributed by atoms with Crippen molar-refractivity contribution < 1.29 is 14.1 Å². The van der Waals surface area contributed by atoms with Crippen LogP contribution in [-0.2, 0) is 10.8 Å². The molecular weight excluding hydrogens is 330 g/mol. The molecule has 0 aliphatic carbocycles. The SMILES string of the molecule is CCS(=O)CCNCC(O)COc1ccc(Br)cc1. The van der Waals surface area contributed by atoms with E-state index in [4.69, 9.17) is 4.74 Å². The van der Waals surface area contributed by atoms with Gasteiger partial charge in [0.1, 0.15) is 18.5 Å². The maximum Gasteiger partial charge on any atom is 0.119 e. The van der Waals surface area contributed by atoms with Gasteiger partial charge in [0.25, 0.3) is 0 Å². The van der Waals surface area contributed by atoms with Gasteiger partial charge >= 0.3 is 0 Å². The standard InChI is InChI=1S/C13H20BrNO3S/c1-2-19(17)8-7-15-9-12(16)10-18-13-5-3-11(14)4-6-13/h3-6,12,15-16H,2,7-10H2,1H3. The van der Waals surface area contributed by atoms with E-state index in [-0.39, 0.29) is 6.61 Å². The average molecular weight is 350 g/mol. The molecule has 0 bridgehead atoms. The van der Waals surface area contributed by atoms with E-state index in [9.17, 15) is 9.32 Å². The second kappa shape index (κ2) is 9.47. The summed E-state index contributed by atoms with van der Waals surface area (Å²) in [6.45, 7) is 3.23. The molecule has 0 radical (unpaired) electrons. The number of halogens is 1. The molecule has 0 saturated carbocycles. The summed E-state index contributed by atoms with van der Waals surface area (Å²) >= 11 is 3.35. The fourth-order valence-corrected chi connectivity index (χ4v) is 2.31. The zero-order chi connectivity index (χ0) is 14.1. The van der Waals surface area contributed by atoms with E-state index in [1.165, 1.54) is 0 Å². The summed E-state index contributed by atoms with van der Waals surface area (Å²) in [4.78, 5) is 0. The molecule has 4 nitrogen and oxygen atoms in total. The van der Waals surface area contributed by atoms with Crippen molar-refractivity contribution in [3.8, 4) is 5.75 Å². The van der Waals surface area contributed by atoms with Gasteiger partial charge in [-0.25, -0.2) is 0 Å². The van der Waals surface area contributed by atoms with Gasteiger partial charge in [-0.2, -0.15) is 0 Å². The first-order chi connectivity index (χ1) is 9.11. The Morgan fingerprint density at radius 1 is 1.42 bits per heavy atom. The van der Waals surface area contributed by atoms with Crippen LogP contribution in [0.2, 0.25) is 0 Å². The van der Waals surface area contributed by atoms with E-state index in [1.807, 2.05) is 31.2 Å². The largest absolute Gasteiger partial charge is 0.491 e. The molecule has 1 aromatic carbocycles. The summed E-state index contributed by atoms with van der Waals surface area (Å²) in [5.41, 5.74) is 0. The van der Waals surface area contributed by atoms with Gasteiger partial charge in [0.15, 0.2) is 0 Å². The van der Waals surface area contributed by atoms with Crippen LogP contribution in [0, 0.1) is 0 Å². The summed E-state index contributed by atoms with van der Waals surface area (Å²) in [5.74, 6) is 2.03. The third-order valence-corrected chi connectivity index (χ3v) is 4.30. The van der Waals surface area contributed by atoms with Crippen molar-refractivity contribution in [3.05, 3.63) is 28.7 Å². The fourth-order valence-electron chi connectivity index (χ4n) is 1.38. The predicted octanol–water partition coefficient (Wildman–Crippen LogP) is 1.55. The van der Waals surface area contributed by atoms with Crippen LogP contribution in [0.3, 0.4) is 0 Å². The number of ether oxygens (including phenoxy) is 1. The molecule has 0 aromatic heterocycles. The van der Waals surface area contributed by atoms with Crippen LogP contribution in [0.25, 0.3) is 0 Å². The highest BCUT2D eigenvalue weighted by atomic mass is 79.9. The molecule has 0 aliphatic rings. The molecule has 2 N–H and O–H groups in total. The van der Waals surface area contributed by atoms with Gasteiger partial charge in [0.05, 0.1) is 0 Å². The monoisotopic (exact) mass is 349 g/mol. The van der Waals surface area contributed by atoms with Crippen LogP contribution >= 0.6 is 15.9 Å². The lowest BCUT2D eigenvalue weighted by molar-refractivity contribution is 0.107. The van der Waals surface area contributed by atoms with Gasteiger partial charge in [0, 0.05) is 39.9 Å². The van der Waals surface area contributed by atoms with E-state index < -0.39 is 16.9 Å². The first-order valence-electron chi connectivity index (χ1n) is 6.24. The van der Waals surface area contributed by atoms with Crippen molar-refractivity contribution in [2.75, 3.05) is 31.2 Å². The van der Waals surface area contributed by atoms with E-state index >= 15 is 0 Å². The second-order valence-electron chi connectivity index (χ2n) is 4.06. The number of nitrogens with one attached hydrogen (secondary N) is 1. The van der Waals surface area contributed by atoms with E-state index in [1.54, 1.807) is 0 Å². The first kappa shape index (κ1) is 16.6. The van der Waals surface area contributed by atoms with Crippen LogP contribution in [0.5, 0.6) is 5.75 Å². The summed E-state index contributed by atoms with van der Waals surface area (Å²) in [6.07, 6.45) is -0.571. The van der Waals surface area contributed by atoms with Crippen LogP contribution in [-0.4, -0.2) is 46.6 Å². The number of hydrogen-bond donors (Lipinski definition) is 2. The lowest BCUT2D eigenvalue weighted by Crippen LogP contribution is -2.33. The molecule has 0 aliphatic heterocycles. The second-order valence-corrected chi connectivity index (χ2v) is 6.84. The lowest BCUT2D eigenvalue weighted by Gasteiger charge is -2.13. The summed E-state index contributed by atoms with van der Waals surface area (Å²) in [7, 11) is -0.757.